The number of pyridine rings is 2. The molecule has 0 radical (unpaired) electrons. The first-order valence-electron chi connectivity index (χ1n) is 10.6. The molecule has 0 saturated heterocycles. The summed E-state index contributed by atoms with van der Waals surface area (Å²) < 4.78 is 5.50. The number of carbonyl (C=O) groups excluding carboxylic acids is 1. The third-order valence-electron chi connectivity index (χ3n) is 5.15. The van der Waals surface area contributed by atoms with Crippen LogP contribution < -0.4 is 5.56 Å². The number of aryl methyl sites for hydroxylation is 1. The molecule has 0 unspecified atom stereocenters. The average Bonchev–Trinajstić information content (AvgIpc) is 3.29. The summed E-state index contributed by atoms with van der Waals surface area (Å²) in [5.41, 5.74) is 2.54. The molecule has 0 saturated carbocycles. The number of H-pyrrole nitrogens is 1. The van der Waals surface area contributed by atoms with E-state index >= 15 is 0 Å². The van der Waals surface area contributed by atoms with Gasteiger partial charge in [0, 0.05) is 35.6 Å². The van der Waals surface area contributed by atoms with Crippen molar-refractivity contribution in [1.82, 2.24) is 19.9 Å². The number of nitrogens with zero attached hydrogens (tertiary/aromatic N) is 3. The molecule has 7 nitrogen and oxygen atoms in total. The van der Waals surface area contributed by atoms with Crippen LogP contribution in [0.1, 0.15) is 43.2 Å². The summed E-state index contributed by atoms with van der Waals surface area (Å²) in [6.07, 6.45) is 4.70. The maximum Gasteiger partial charge on any atom is 0.339 e. The van der Waals surface area contributed by atoms with Crippen LogP contribution in [0.4, 0.5) is 0 Å². The van der Waals surface area contributed by atoms with Gasteiger partial charge in [0.2, 0.25) is 0 Å². The Morgan fingerprint density at radius 1 is 1.19 bits per heavy atom. The van der Waals surface area contributed by atoms with Crippen molar-refractivity contribution in [2.24, 2.45) is 0 Å². The summed E-state index contributed by atoms with van der Waals surface area (Å²) >= 11 is 1.44. The highest BCUT2D eigenvalue weighted by Gasteiger charge is 2.18. The van der Waals surface area contributed by atoms with Gasteiger partial charge in [0.1, 0.15) is 5.01 Å². The van der Waals surface area contributed by atoms with Crippen LogP contribution in [0.2, 0.25) is 0 Å². The van der Waals surface area contributed by atoms with Crippen LogP contribution in [0.25, 0.3) is 21.8 Å². The second-order valence-corrected chi connectivity index (χ2v) is 7.91. The van der Waals surface area contributed by atoms with Crippen molar-refractivity contribution >= 4 is 17.3 Å². The number of esters is 1. The van der Waals surface area contributed by atoms with Gasteiger partial charge in [-0.3, -0.25) is 9.78 Å². The molecule has 0 amide bonds. The number of carbonyl (C=O) groups is 1. The average molecular weight is 441 g/mol. The Hall–Kier alpha value is -2.84. The maximum absolute atomic E-state index is 12.7. The van der Waals surface area contributed by atoms with E-state index in [-0.39, 0.29) is 5.56 Å². The van der Waals surface area contributed by atoms with Gasteiger partial charge < -0.3 is 14.6 Å². The Morgan fingerprint density at radius 3 is 2.61 bits per heavy atom. The number of aromatic nitrogens is 3. The summed E-state index contributed by atoms with van der Waals surface area (Å²) in [7, 11) is 0. The zero-order chi connectivity index (χ0) is 22.2. The van der Waals surface area contributed by atoms with Crippen molar-refractivity contribution < 1.29 is 9.53 Å². The number of hydrogen-bond acceptors (Lipinski definition) is 7. The number of rotatable bonds is 10. The number of hydrogen-bond donors (Lipinski definition) is 1. The smallest absolute Gasteiger partial charge is 0.339 e. The number of aromatic amines is 1. The van der Waals surface area contributed by atoms with E-state index in [0.29, 0.717) is 35.5 Å². The van der Waals surface area contributed by atoms with E-state index in [0.717, 1.165) is 36.6 Å². The van der Waals surface area contributed by atoms with E-state index in [4.69, 9.17) is 4.74 Å². The van der Waals surface area contributed by atoms with Gasteiger partial charge in [-0.25, -0.2) is 9.78 Å². The zero-order valence-electron chi connectivity index (χ0n) is 18.2. The van der Waals surface area contributed by atoms with Crippen molar-refractivity contribution in [3.05, 3.63) is 57.6 Å². The van der Waals surface area contributed by atoms with Gasteiger partial charge in [0.05, 0.1) is 23.4 Å². The monoisotopic (exact) mass is 440 g/mol. The quantitative estimate of drug-likeness (QED) is 0.379. The molecule has 3 aromatic rings. The van der Waals surface area contributed by atoms with Crippen molar-refractivity contribution in [3.63, 3.8) is 0 Å². The second kappa shape index (κ2) is 11.0. The van der Waals surface area contributed by atoms with E-state index in [1.54, 1.807) is 18.5 Å². The largest absolute Gasteiger partial charge is 0.462 e. The van der Waals surface area contributed by atoms with Crippen molar-refractivity contribution in [1.29, 1.82) is 0 Å². The van der Waals surface area contributed by atoms with E-state index < -0.39 is 5.97 Å². The lowest BCUT2D eigenvalue weighted by atomic mass is 10.1. The fourth-order valence-electron chi connectivity index (χ4n) is 3.32. The standard InChI is InChI=1S/C23H28N4O3S/c1-4-19-18(23(29)30-13-7-12-27(5-2)6-3)14-17(21(28)25-19)20-15-31-22(26-20)16-8-10-24-11-9-16/h8-11,14-15H,4-7,12-13H2,1-3H3,(H,25,28). The molecule has 0 aromatic carbocycles. The number of nitrogens with one attached hydrogen (secondary N) is 1. The normalized spacial score (nSPS) is 11.1. The van der Waals surface area contributed by atoms with E-state index in [1.807, 2.05) is 24.4 Å². The zero-order valence-corrected chi connectivity index (χ0v) is 19.0. The first-order valence-corrected chi connectivity index (χ1v) is 11.5. The molecule has 164 valence electrons. The Kier molecular flexibility index (Phi) is 8.08. The van der Waals surface area contributed by atoms with Gasteiger partial charge in [-0.15, -0.1) is 11.3 Å². The number of ether oxygens (including phenoxy) is 1. The molecule has 3 aromatic heterocycles. The lowest BCUT2D eigenvalue weighted by molar-refractivity contribution is 0.0487. The summed E-state index contributed by atoms with van der Waals surface area (Å²) in [5.74, 6) is -0.418. The first-order chi connectivity index (χ1) is 15.1. The maximum atomic E-state index is 12.7. The Balaban J connectivity index is 1.79. The Labute approximate surface area is 186 Å². The third kappa shape index (κ3) is 5.65. The molecule has 1 N–H and O–H groups in total. The van der Waals surface area contributed by atoms with E-state index in [2.05, 4.69) is 33.7 Å². The molecule has 3 rings (SSSR count). The fraction of sp³-hybridized carbons (Fsp3) is 0.391. The molecule has 0 fully saturated rings. The van der Waals surface area contributed by atoms with Crippen LogP contribution in [-0.4, -0.2) is 52.1 Å². The lowest BCUT2D eigenvalue weighted by Crippen LogP contribution is -2.25. The van der Waals surface area contributed by atoms with Crippen molar-refractivity contribution in [2.45, 2.75) is 33.6 Å². The molecule has 0 spiro atoms. The van der Waals surface area contributed by atoms with E-state index in [9.17, 15) is 9.59 Å². The van der Waals surface area contributed by atoms with Gasteiger partial charge in [0.25, 0.3) is 5.56 Å². The highest BCUT2D eigenvalue weighted by atomic mass is 32.1. The topological polar surface area (TPSA) is 88.2 Å². The molecule has 3 heterocycles. The minimum absolute atomic E-state index is 0.262. The minimum atomic E-state index is -0.418. The summed E-state index contributed by atoms with van der Waals surface area (Å²) in [4.78, 5) is 39.1. The SMILES string of the molecule is CCc1[nH]c(=O)c(-c2csc(-c3ccncc3)n2)cc1C(=O)OCCCN(CC)CC. The summed E-state index contributed by atoms with van der Waals surface area (Å²) in [5, 5.41) is 2.61. The number of thiazole rings is 1. The Morgan fingerprint density at radius 2 is 1.94 bits per heavy atom. The van der Waals surface area contributed by atoms with Gasteiger partial charge in [-0.05, 0) is 44.1 Å². The Bertz CT molecular complexity index is 1060. The van der Waals surface area contributed by atoms with Gasteiger partial charge in [-0.1, -0.05) is 20.8 Å². The molecular formula is C23H28N4O3S. The van der Waals surface area contributed by atoms with Crippen LogP contribution in [-0.2, 0) is 11.2 Å². The highest BCUT2D eigenvalue weighted by molar-refractivity contribution is 7.13. The fourth-order valence-corrected chi connectivity index (χ4v) is 4.14. The van der Waals surface area contributed by atoms with Crippen LogP contribution in [0, 0.1) is 0 Å². The van der Waals surface area contributed by atoms with Gasteiger partial charge >= 0.3 is 5.97 Å². The van der Waals surface area contributed by atoms with Crippen LogP contribution in [0.15, 0.2) is 40.8 Å². The molecule has 8 heteroatoms. The first kappa shape index (κ1) is 22.8. The van der Waals surface area contributed by atoms with Crippen LogP contribution in [0.5, 0.6) is 0 Å². The van der Waals surface area contributed by atoms with E-state index in [1.165, 1.54) is 11.3 Å². The van der Waals surface area contributed by atoms with Crippen LogP contribution >= 0.6 is 11.3 Å². The molecule has 31 heavy (non-hydrogen) atoms. The predicted octanol–water partition coefficient (Wildman–Crippen LogP) is 4.01. The highest BCUT2D eigenvalue weighted by Crippen LogP contribution is 2.27. The molecular weight excluding hydrogens is 412 g/mol. The van der Waals surface area contributed by atoms with Crippen molar-refractivity contribution in [2.75, 3.05) is 26.2 Å². The third-order valence-corrected chi connectivity index (χ3v) is 6.04. The molecule has 0 bridgehead atoms. The second-order valence-electron chi connectivity index (χ2n) is 7.05. The molecule has 0 atom stereocenters. The summed E-state index contributed by atoms with van der Waals surface area (Å²) in [6.45, 7) is 9.30. The van der Waals surface area contributed by atoms with Gasteiger partial charge in [0.15, 0.2) is 0 Å². The predicted molar refractivity (Wildman–Crippen MR) is 123 cm³/mol. The summed E-state index contributed by atoms with van der Waals surface area (Å²) in [6, 6.07) is 5.35. The van der Waals surface area contributed by atoms with Crippen molar-refractivity contribution in [3.8, 4) is 21.8 Å². The molecule has 0 aliphatic carbocycles. The molecule has 0 aliphatic rings. The van der Waals surface area contributed by atoms with Gasteiger partial charge in [-0.2, -0.15) is 0 Å². The lowest BCUT2D eigenvalue weighted by Gasteiger charge is -2.17. The molecule has 0 aliphatic heterocycles. The van der Waals surface area contributed by atoms with Crippen LogP contribution in [0.3, 0.4) is 0 Å². The minimum Gasteiger partial charge on any atom is -0.462 e.